The summed E-state index contributed by atoms with van der Waals surface area (Å²) in [4.78, 5) is 0. The van der Waals surface area contributed by atoms with Crippen molar-refractivity contribution < 1.29 is 9.47 Å². The summed E-state index contributed by atoms with van der Waals surface area (Å²) in [6.45, 7) is 5.33. The van der Waals surface area contributed by atoms with Gasteiger partial charge >= 0.3 is 0 Å². The van der Waals surface area contributed by atoms with Crippen LogP contribution in [0.15, 0.2) is 24.3 Å². The largest absolute Gasteiger partial charge is 0.491 e. The molecule has 2 rings (SSSR count). The van der Waals surface area contributed by atoms with E-state index in [2.05, 4.69) is 6.92 Å². The molecular weight excluding hydrogens is 152 g/mol. The van der Waals surface area contributed by atoms with Gasteiger partial charge in [0.25, 0.3) is 0 Å². The van der Waals surface area contributed by atoms with Gasteiger partial charge in [0, 0.05) is 0 Å². The van der Waals surface area contributed by atoms with Crippen molar-refractivity contribution >= 4 is 0 Å². The first-order valence-corrected chi connectivity index (χ1v) is 4.01. The second-order valence-electron chi connectivity index (χ2n) is 2.87. The summed E-state index contributed by atoms with van der Waals surface area (Å²) in [5, 5.41) is 0. The molecule has 1 fully saturated rings. The summed E-state index contributed by atoms with van der Waals surface area (Å²) in [6.07, 6.45) is 0.310. The van der Waals surface area contributed by atoms with Gasteiger partial charge in [-0.2, -0.15) is 0 Å². The zero-order chi connectivity index (χ0) is 8.39. The molecule has 0 aliphatic carbocycles. The van der Waals surface area contributed by atoms with Gasteiger partial charge in [-0.05, 0) is 18.6 Å². The molecule has 0 N–H and O–H groups in total. The Hall–Kier alpha value is -1.02. The smallest absolute Gasteiger partial charge is 0.122 e. The monoisotopic (exact) mass is 163 g/mol. The molecule has 2 nitrogen and oxygen atoms in total. The molecule has 2 heteroatoms. The van der Waals surface area contributed by atoms with E-state index in [1.807, 2.05) is 24.3 Å². The fourth-order valence-electron chi connectivity index (χ4n) is 0.992. The van der Waals surface area contributed by atoms with Crippen molar-refractivity contribution in [3.63, 3.8) is 0 Å². The predicted molar refractivity (Wildman–Crippen MR) is 46.1 cm³/mol. The van der Waals surface area contributed by atoms with E-state index in [1.54, 1.807) is 0 Å². The molecule has 63 valence electrons. The van der Waals surface area contributed by atoms with E-state index in [0.717, 1.165) is 17.9 Å². The molecule has 1 aliphatic rings. The molecule has 1 unspecified atom stereocenters. The molecule has 1 aromatic carbocycles. The van der Waals surface area contributed by atoms with Gasteiger partial charge in [0.15, 0.2) is 0 Å². The topological polar surface area (TPSA) is 21.8 Å². The number of epoxide rings is 1. The molecule has 0 saturated carbocycles. The highest BCUT2D eigenvalue weighted by atomic mass is 16.6. The van der Waals surface area contributed by atoms with Crippen molar-refractivity contribution in [3.8, 4) is 5.75 Å². The Bertz CT molecular complexity index is 266. The van der Waals surface area contributed by atoms with E-state index >= 15 is 0 Å². The maximum Gasteiger partial charge on any atom is 0.122 e. The first-order valence-electron chi connectivity index (χ1n) is 4.01. The number of ether oxygens (including phenoxy) is 2. The van der Waals surface area contributed by atoms with Crippen molar-refractivity contribution in [1.82, 2.24) is 0 Å². The Morgan fingerprint density at radius 3 is 2.92 bits per heavy atom. The van der Waals surface area contributed by atoms with Crippen molar-refractivity contribution in [2.75, 3.05) is 13.2 Å². The van der Waals surface area contributed by atoms with Crippen LogP contribution in [0.4, 0.5) is 0 Å². The lowest BCUT2D eigenvalue weighted by Gasteiger charge is -2.05. The van der Waals surface area contributed by atoms with Crippen LogP contribution >= 0.6 is 0 Å². The first-order chi connectivity index (χ1) is 5.86. The van der Waals surface area contributed by atoms with Gasteiger partial charge in [-0.1, -0.05) is 18.2 Å². The SMILES string of the molecule is [CH2]c1ccccc1OCC1CO1. The minimum absolute atomic E-state index is 0.310. The minimum Gasteiger partial charge on any atom is -0.491 e. The van der Waals surface area contributed by atoms with Gasteiger partial charge < -0.3 is 9.47 Å². The van der Waals surface area contributed by atoms with Crippen LogP contribution in [0.3, 0.4) is 0 Å². The lowest BCUT2D eigenvalue weighted by molar-refractivity contribution is 0.262. The molecule has 0 aromatic heterocycles. The fourth-order valence-corrected chi connectivity index (χ4v) is 0.992. The van der Waals surface area contributed by atoms with Gasteiger partial charge in [-0.15, -0.1) is 0 Å². The Morgan fingerprint density at radius 1 is 1.50 bits per heavy atom. The minimum atomic E-state index is 0.310. The van der Waals surface area contributed by atoms with Crippen molar-refractivity contribution in [1.29, 1.82) is 0 Å². The van der Waals surface area contributed by atoms with E-state index in [9.17, 15) is 0 Å². The first kappa shape index (κ1) is 7.62. The van der Waals surface area contributed by atoms with Gasteiger partial charge in [0.2, 0.25) is 0 Å². The summed E-state index contributed by atoms with van der Waals surface area (Å²) in [5.74, 6) is 0.855. The van der Waals surface area contributed by atoms with Crippen LogP contribution < -0.4 is 4.74 Å². The highest BCUT2D eigenvalue weighted by Gasteiger charge is 2.23. The summed E-state index contributed by atoms with van der Waals surface area (Å²) in [5.41, 5.74) is 0.929. The van der Waals surface area contributed by atoms with Crippen LogP contribution in [-0.4, -0.2) is 19.3 Å². The molecule has 1 atom stereocenters. The van der Waals surface area contributed by atoms with E-state index < -0.39 is 0 Å². The van der Waals surface area contributed by atoms with Gasteiger partial charge in [-0.25, -0.2) is 0 Å². The molecule has 12 heavy (non-hydrogen) atoms. The summed E-state index contributed by atoms with van der Waals surface area (Å²) >= 11 is 0. The predicted octanol–water partition coefficient (Wildman–Crippen LogP) is 1.65. The van der Waals surface area contributed by atoms with E-state index in [1.165, 1.54) is 0 Å². The zero-order valence-corrected chi connectivity index (χ0v) is 6.82. The van der Waals surface area contributed by atoms with Crippen LogP contribution in [0.2, 0.25) is 0 Å². The van der Waals surface area contributed by atoms with Gasteiger partial charge in [0.1, 0.15) is 18.5 Å². The second kappa shape index (κ2) is 3.15. The standard InChI is InChI=1S/C10H11O2/c1-8-4-2-3-5-10(8)12-7-9-6-11-9/h2-5,9H,1,6-7H2. The lowest BCUT2D eigenvalue weighted by Crippen LogP contribution is -2.04. The lowest BCUT2D eigenvalue weighted by atomic mass is 10.2. The Kier molecular flexibility index (Phi) is 2.00. The summed E-state index contributed by atoms with van der Waals surface area (Å²) in [6, 6.07) is 7.74. The maximum absolute atomic E-state index is 5.47. The molecule has 0 spiro atoms. The number of rotatable bonds is 3. The number of benzene rings is 1. The number of hydrogen-bond acceptors (Lipinski definition) is 2. The molecule has 0 bridgehead atoms. The molecular formula is C10H11O2. The van der Waals surface area contributed by atoms with Crippen LogP contribution in [0, 0.1) is 6.92 Å². The molecule has 0 amide bonds. The van der Waals surface area contributed by atoms with Gasteiger partial charge in [0.05, 0.1) is 6.61 Å². The molecule has 1 saturated heterocycles. The molecule has 1 aromatic rings. The van der Waals surface area contributed by atoms with Crippen molar-refractivity contribution in [2.45, 2.75) is 6.10 Å². The third-order valence-electron chi connectivity index (χ3n) is 1.80. The number of hydrogen-bond donors (Lipinski definition) is 0. The van der Waals surface area contributed by atoms with Crippen molar-refractivity contribution in [2.24, 2.45) is 0 Å². The van der Waals surface area contributed by atoms with Crippen LogP contribution in [0.1, 0.15) is 5.56 Å². The highest BCUT2D eigenvalue weighted by Crippen LogP contribution is 2.18. The Labute approximate surface area is 72.1 Å². The third kappa shape index (κ3) is 1.77. The van der Waals surface area contributed by atoms with Crippen LogP contribution in [0.5, 0.6) is 5.75 Å². The average Bonchev–Trinajstić information content (AvgIpc) is 2.86. The zero-order valence-electron chi connectivity index (χ0n) is 6.82. The third-order valence-corrected chi connectivity index (χ3v) is 1.80. The van der Waals surface area contributed by atoms with E-state index in [0.29, 0.717) is 12.7 Å². The van der Waals surface area contributed by atoms with E-state index in [-0.39, 0.29) is 0 Å². The Morgan fingerprint density at radius 2 is 2.25 bits per heavy atom. The second-order valence-corrected chi connectivity index (χ2v) is 2.87. The highest BCUT2D eigenvalue weighted by molar-refractivity contribution is 5.35. The average molecular weight is 163 g/mol. The Balaban J connectivity index is 1.96. The van der Waals surface area contributed by atoms with Crippen LogP contribution in [-0.2, 0) is 4.74 Å². The quantitative estimate of drug-likeness (QED) is 0.632. The van der Waals surface area contributed by atoms with Gasteiger partial charge in [-0.3, -0.25) is 0 Å². The number of para-hydroxylation sites is 1. The maximum atomic E-state index is 5.47. The molecule has 1 aliphatic heterocycles. The van der Waals surface area contributed by atoms with E-state index in [4.69, 9.17) is 9.47 Å². The normalized spacial score (nSPS) is 20.6. The summed E-state index contributed by atoms with van der Waals surface area (Å²) < 4.78 is 10.5. The van der Waals surface area contributed by atoms with Crippen molar-refractivity contribution in [3.05, 3.63) is 36.8 Å². The molecule has 1 radical (unpaired) electrons. The molecule has 1 heterocycles. The van der Waals surface area contributed by atoms with Crippen LogP contribution in [0.25, 0.3) is 0 Å². The summed E-state index contributed by atoms with van der Waals surface area (Å²) in [7, 11) is 0. The fraction of sp³-hybridized carbons (Fsp3) is 0.300.